The summed E-state index contributed by atoms with van der Waals surface area (Å²) in [4.78, 5) is 33.1. The van der Waals surface area contributed by atoms with Crippen molar-refractivity contribution in [2.24, 2.45) is 11.8 Å². The predicted octanol–water partition coefficient (Wildman–Crippen LogP) is 1.40. The van der Waals surface area contributed by atoms with Crippen LogP contribution in [0.15, 0.2) is 0 Å². The zero-order chi connectivity index (χ0) is 16.2. The molecule has 9 heteroatoms. The number of hydrogen-bond acceptors (Lipinski definition) is 3. The Morgan fingerprint density at radius 3 is 2.00 bits per heavy atom. The summed E-state index contributed by atoms with van der Waals surface area (Å²) in [6.07, 6.45) is -5.41. The molecule has 0 bridgehead atoms. The first-order valence-corrected chi connectivity index (χ1v) is 6.43. The molecular formula is C12H16F3NO5. The summed E-state index contributed by atoms with van der Waals surface area (Å²) in [7, 11) is 0. The maximum atomic E-state index is 12.5. The molecule has 1 fully saturated rings. The number of amides is 1. The van der Waals surface area contributed by atoms with Crippen LogP contribution in [0.1, 0.15) is 32.1 Å². The second-order valence-electron chi connectivity index (χ2n) is 5.09. The fourth-order valence-corrected chi connectivity index (χ4v) is 2.35. The number of alkyl halides is 3. The third-order valence-electron chi connectivity index (χ3n) is 3.55. The smallest absolute Gasteiger partial charge is 0.391 e. The van der Waals surface area contributed by atoms with E-state index in [1.54, 1.807) is 0 Å². The van der Waals surface area contributed by atoms with Crippen LogP contribution >= 0.6 is 0 Å². The molecule has 1 atom stereocenters. The highest BCUT2D eigenvalue weighted by Crippen LogP contribution is 2.39. The van der Waals surface area contributed by atoms with Crippen molar-refractivity contribution in [2.45, 2.75) is 44.3 Å². The van der Waals surface area contributed by atoms with E-state index in [1.807, 2.05) is 0 Å². The van der Waals surface area contributed by atoms with Crippen molar-refractivity contribution < 1.29 is 37.8 Å². The van der Waals surface area contributed by atoms with Gasteiger partial charge in [-0.05, 0) is 25.7 Å². The first-order valence-electron chi connectivity index (χ1n) is 6.43. The van der Waals surface area contributed by atoms with Gasteiger partial charge in [0.05, 0.1) is 12.3 Å². The molecule has 0 aliphatic heterocycles. The minimum absolute atomic E-state index is 0.00935. The average Bonchev–Trinajstić information content (AvgIpc) is 2.36. The van der Waals surface area contributed by atoms with Crippen molar-refractivity contribution >= 4 is 17.8 Å². The molecule has 0 aromatic rings. The van der Waals surface area contributed by atoms with Gasteiger partial charge in [0.2, 0.25) is 5.91 Å². The molecule has 0 aromatic carbocycles. The van der Waals surface area contributed by atoms with Gasteiger partial charge < -0.3 is 15.5 Å². The Hall–Kier alpha value is -1.80. The van der Waals surface area contributed by atoms with E-state index >= 15 is 0 Å². The van der Waals surface area contributed by atoms with Crippen LogP contribution in [0.5, 0.6) is 0 Å². The highest BCUT2D eigenvalue weighted by Gasteiger charge is 2.42. The number of halogens is 3. The summed E-state index contributed by atoms with van der Waals surface area (Å²) in [5.41, 5.74) is 0. The van der Waals surface area contributed by atoms with Crippen LogP contribution in [0.4, 0.5) is 13.2 Å². The third kappa shape index (κ3) is 5.24. The third-order valence-corrected chi connectivity index (χ3v) is 3.55. The quantitative estimate of drug-likeness (QED) is 0.712. The highest BCUT2D eigenvalue weighted by molar-refractivity contribution is 5.87. The van der Waals surface area contributed by atoms with E-state index in [2.05, 4.69) is 5.32 Å². The van der Waals surface area contributed by atoms with Crippen LogP contribution in [0.2, 0.25) is 0 Å². The number of hydrogen-bond donors (Lipinski definition) is 3. The Bertz CT molecular complexity index is 416. The maximum absolute atomic E-state index is 12.5. The maximum Gasteiger partial charge on any atom is 0.391 e. The fourth-order valence-electron chi connectivity index (χ4n) is 2.35. The van der Waals surface area contributed by atoms with Gasteiger partial charge in [-0.1, -0.05) is 0 Å². The molecule has 1 saturated carbocycles. The van der Waals surface area contributed by atoms with Crippen LogP contribution in [0.3, 0.4) is 0 Å². The van der Waals surface area contributed by atoms with Crippen molar-refractivity contribution in [3.05, 3.63) is 0 Å². The van der Waals surface area contributed by atoms with Crippen LogP contribution in [-0.4, -0.2) is 40.3 Å². The number of carbonyl (C=O) groups excluding carboxylic acids is 1. The van der Waals surface area contributed by atoms with Gasteiger partial charge in [0, 0.05) is 5.92 Å². The Labute approximate surface area is 118 Å². The van der Waals surface area contributed by atoms with E-state index in [0.717, 1.165) is 0 Å². The monoisotopic (exact) mass is 311 g/mol. The van der Waals surface area contributed by atoms with E-state index in [0.29, 0.717) is 0 Å². The van der Waals surface area contributed by atoms with Crippen molar-refractivity contribution in [3.8, 4) is 0 Å². The molecule has 1 rings (SSSR count). The Morgan fingerprint density at radius 1 is 1.10 bits per heavy atom. The van der Waals surface area contributed by atoms with E-state index in [-0.39, 0.29) is 25.7 Å². The minimum atomic E-state index is -4.28. The van der Waals surface area contributed by atoms with Gasteiger partial charge in [0.15, 0.2) is 0 Å². The number of aliphatic carboxylic acids is 2. The van der Waals surface area contributed by atoms with E-state index in [4.69, 9.17) is 10.2 Å². The Balaban J connectivity index is 2.53. The molecule has 0 aromatic heterocycles. The summed E-state index contributed by atoms with van der Waals surface area (Å²) in [6.45, 7) is 0. The molecule has 120 valence electrons. The Kier molecular flexibility index (Phi) is 5.56. The molecular weight excluding hydrogens is 295 g/mol. The largest absolute Gasteiger partial charge is 0.481 e. The molecule has 1 aliphatic carbocycles. The van der Waals surface area contributed by atoms with Crippen LogP contribution in [-0.2, 0) is 14.4 Å². The second-order valence-corrected chi connectivity index (χ2v) is 5.09. The number of carbonyl (C=O) groups is 3. The first kappa shape index (κ1) is 17.3. The summed E-state index contributed by atoms with van der Waals surface area (Å²) in [5, 5.41) is 19.4. The number of rotatable bonds is 5. The standard InChI is InChI=1S/C12H16F3NO5/c13-12(14,15)7-3-1-6(2-4-7)10(19)16-8(11(20)21)5-9(17)18/h6-8H,1-5H2,(H,16,19)(H,17,18)(H,20,21)/t6?,7?,8-/m0/s1. The molecule has 0 saturated heterocycles. The highest BCUT2D eigenvalue weighted by atomic mass is 19.4. The van der Waals surface area contributed by atoms with Crippen molar-refractivity contribution in [1.29, 1.82) is 0 Å². The topological polar surface area (TPSA) is 104 Å². The van der Waals surface area contributed by atoms with E-state index < -0.39 is 48.3 Å². The SMILES string of the molecule is O=C(O)C[C@H](NC(=O)C1CCC(C(F)(F)F)CC1)C(=O)O. The summed E-state index contributed by atoms with van der Waals surface area (Å²) < 4.78 is 37.5. The lowest BCUT2D eigenvalue weighted by Crippen LogP contribution is -2.45. The molecule has 21 heavy (non-hydrogen) atoms. The number of carboxylic acids is 2. The predicted molar refractivity (Wildman–Crippen MR) is 63.3 cm³/mol. The summed E-state index contributed by atoms with van der Waals surface area (Å²) in [6, 6.07) is -1.57. The zero-order valence-corrected chi connectivity index (χ0v) is 11.0. The number of carboxylic acid groups (broad SMARTS) is 2. The molecule has 0 heterocycles. The van der Waals surface area contributed by atoms with Crippen molar-refractivity contribution in [1.82, 2.24) is 5.32 Å². The molecule has 1 aliphatic rings. The van der Waals surface area contributed by atoms with Crippen LogP contribution in [0, 0.1) is 11.8 Å². The van der Waals surface area contributed by atoms with Crippen LogP contribution < -0.4 is 5.32 Å². The molecule has 0 unspecified atom stereocenters. The molecule has 0 radical (unpaired) electrons. The van der Waals surface area contributed by atoms with E-state index in [1.165, 1.54) is 0 Å². The van der Waals surface area contributed by atoms with Gasteiger partial charge in [0.1, 0.15) is 6.04 Å². The fraction of sp³-hybridized carbons (Fsp3) is 0.750. The number of nitrogens with one attached hydrogen (secondary N) is 1. The molecule has 0 spiro atoms. The summed E-state index contributed by atoms with van der Waals surface area (Å²) in [5.74, 6) is -5.72. The zero-order valence-electron chi connectivity index (χ0n) is 11.0. The molecule has 1 amide bonds. The normalized spacial score (nSPS) is 24.1. The van der Waals surface area contributed by atoms with Gasteiger partial charge in [-0.2, -0.15) is 13.2 Å². The van der Waals surface area contributed by atoms with Crippen molar-refractivity contribution in [2.75, 3.05) is 0 Å². The van der Waals surface area contributed by atoms with Crippen LogP contribution in [0.25, 0.3) is 0 Å². The molecule has 3 N–H and O–H groups in total. The van der Waals surface area contributed by atoms with Gasteiger partial charge >= 0.3 is 18.1 Å². The Morgan fingerprint density at radius 2 is 1.62 bits per heavy atom. The average molecular weight is 311 g/mol. The second kappa shape index (κ2) is 6.77. The van der Waals surface area contributed by atoms with Gasteiger partial charge in [-0.3, -0.25) is 9.59 Å². The first-order chi connectivity index (χ1) is 9.61. The lowest BCUT2D eigenvalue weighted by atomic mass is 9.81. The van der Waals surface area contributed by atoms with Gasteiger partial charge in [-0.15, -0.1) is 0 Å². The summed E-state index contributed by atoms with van der Waals surface area (Å²) >= 11 is 0. The van der Waals surface area contributed by atoms with Crippen molar-refractivity contribution in [3.63, 3.8) is 0 Å². The van der Waals surface area contributed by atoms with Gasteiger partial charge in [0.25, 0.3) is 0 Å². The lowest BCUT2D eigenvalue weighted by Gasteiger charge is -2.29. The minimum Gasteiger partial charge on any atom is -0.481 e. The van der Waals surface area contributed by atoms with Gasteiger partial charge in [-0.25, -0.2) is 4.79 Å². The molecule has 6 nitrogen and oxygen atoms in total. The van der Waals surface area contributed by atoms with E-state index in [9.17, 15) is 27.6 Å². The lowest BCUT2D eigenvalue weighted by molar-refractivity contribution is -0.184.